The molecule has 0 amide bonds. The van der Waals surface area contributed by atoms with Gasteiger partial charge in [0.05, 0.1) is 5.56 Å². The number of aromatic nitrogens is 1. The summed E-state index contributed by atoms with van der Waals surface area (Å²) in [7, 11) is 0. The van der Waals surface area contributed by atoms with Crippen molar-refractivity contribution in [3.63, 3.8) is 0 Å². The zero-order valence-corrected chi connectivity index (χ0v) is 11.3. The van der Waals surface area contributed by atoms with E-state index in [1.807, 2.05) is 24.3 Å². The van der Waals surface area contributed by atoms with E-state index in [-0.39, 0.29) is 17.1 Å². The van der Waals surface area contributed by atoms with Gasteiger partial charge in [0.1, 0.15) is 5.69 Å². The molecule has 0 radical (unpaired) electrons. The van der Waals surface area contributed by atoms with Crippen molar-refractivity contribution in [3.8, 4) is 5.75 Å². The number of carboxylic acid groups (broad SMARTS) is 1. The van der Waals surface area contributed by atoms with E-state index < -0.39 is 5.97 Å². The SMILES string of the molecule is O=C(O)c1ccc(N=Nc2ccc3ccccc3c2O)nc1. The molecule has 0 unspecified atom stereocenters. The molecular formula is C16H11N3O3. The van der Waals surface area contributed by atoms with Crippen molar-refractivity contribution >= 4 is 28.2 Å². The number of hydrogen-bond acceptors (Lipinski definition) is 5. The van der Waals surface area contributed by atoms with Gasteiger partial charge in [-0.15, -0.1) is 10.2 Å². The lowest BCUT2D eigenvalue weighted by Crippen LogP contribution is -1.95. The number of hydrogen-bond donors (Lipinski definition) is 2. The summed E-state index contributed by atoms with van der Waals surface area (Å²) in [5.74, 6) is -0.746. The van der Waals surface area contributed by atoms with E-state index in [9.17, 15) is 9.90 Å². The summed E-state index contributed by atoms with van der Waals surface area (Å²) in [6, 6.07) is 13.7. The van der Waals surface area contributed by atoms with E-state index in [0.29, 0.717) is 11.1 Å². The average molecular weight is 293 g/mol. The van der Waals surface area contributed by atoms with Crippen LogP contribution in [0.25, 0.3) is 10.8 Å². The average Bonchev–Trinajstić information content (AvgIpc) is 2.55. The number of benzene rings is 2. The van der Waals surface area contributed by atoms with Crippen LogP contribution in [0, 0.1) is 0 Å². The molecule has 0 aliphatic heterocycles. The minimum absolute atomic E-state index is 0.0454. The highest BCUT2D eigenvalue weighted by Crippen LogP contribution is 2.35. The highest BCUT2D eigenvalue weighted by atomic mass is 16.4. The predicted octanol–water partition coefficient (Wildman–Crippen LogP) is 4.05. The maximum atomic E-state index is 10.7. The van der Waals surface area contributed by atoms with Crippen molar-refractivity contribution in [1.82, 2.24) is 4.98 Å². The van der Waals surface area contributed by atoms with E-state index >= 15 is 0 Å². The van der Waals surface area contributed by atoms with E-state index in [0.717, 1.165) is 5.39 Å². The molecule has 0 spiro atoms. The molecule has 6 heteroatoms. The fourth-order valence-electron chi connectivity index (χ4n) is 2.00. The van der Waals surface area contributed by atoms with E-state index in [1.54, 1.807) is 12.1 Å². The Morgan fingerprint density at radius 1 is 1.00 bits per heavy atom. The molecule has 1 heterocycles. The van der Waals surface area contributed by atoms with Crippen molar-refractivity contribution in [2.75, 3.05) is 0 Å². The summed E-state index contributed by atoms with van der Waals surface area (Å²) in [5.41, 5.74) is 0.398. The first-order valence-electron chi connectivity index (χ1n) is 6.47. The fraction of sp³-hybridized carbons (Fsp3) is 0. The Balaban J connectivity index is 1.92. The first kappa shape index (κ1) is 13.7. The molecule has 0 aliphatic carbocycles. The number of nitrogens with zero attached hydrogens (tertiary/aromatic N) is 3. The molecule has 6 nitrogen and oxygen atoms in total. The molecule has 0 saturated carbocycles. The first-order chi connectivity index (χ1) is 10.6. The second-order valence-electron chi connectivity index (χ2n) is 4.56. The van der Waals surface area contributed by atoms with Crippen molar-refractivity contribution in [2.24, 2.45) is 10.2 Å². The van der Waals surface area contributed by atoms with Gasteiger partial charge in [-0.2, -0.15) is 0 Å². The van der Waals surface area contributed by atoms with Gasteiger partial charge in [-0.25, -0.2) is 9.78 Å². The molecule has 2 N–H and O–H groups in total. The number of pyridine rings is 1. The second-order valence-corrected chi connectivity index (χ2v) is 4.56. The normalized spacial score (nSPS) is 11.1. The molecule has 3 rings (SSSR count). The molecular weight excluding hydrogens is 282 g/mol. The van der Waals surface area contributed by atoms with Gasteiger partial charge in [0.2, 0.25) is 0 Å². The van der Waals surface area contributed by atoms with Crippen LogP contribution in [0.15, 0.2) is 65.0 Å². The molecule has 0 bridgehead atoms. The van der Waals surface area contributed by atoms with Gasteiger partial charge < -0.3 is 10.2 Å². The summed E-state index contributed by atoms with van der Waals surface area (Å²) in [5, 5.41) is 28.5. The van der Waals surface area contributed by atoms with Gasteiger partial charge >= 0.3 is 5.97 Å². The third-order valence-corrected chi connectivity index (χ3v) is 3.13. The lowest BCUT2D eigenvalue weighted by atomic mass is 10.1. The van der Waals surface area contributed by atoms with Gasteiger partial charge in [-0.05, 0) is 23.6 Å². The summed E-state index contributed by atoms with van der Waals surface area (Å²) >= 11 is 0. The summed E-state index contributed by atoms with van der Waals surface area (Å²) < 4.78 is 0. The molecule has 2 aromatic carbocycles. The minimum atomic E-state index is -1.05. The van der Waals surface area contributed by atoms with Crippen LogP contribution in [-0.2, 0) is 0 Å². The smallest absolute Gasteiger partial charge is 0.337 e. The van der Waals surface area contributed by atoms with Crippen LogP contribution >= 0.6 is 0 Å². The van der Waals surface area contributed by atoms with Crippen LogP contribution in [0.3, 0.4) is 0 Å². The van der Waals surface area contributed by atoms with Gasteiger partial charge in [0.15, 0.2) is 11.6 Å². The largest absolute Gasteiger partial charge is 0.505 e. The highest BCUT2D eigenvalue weighted by Gasteiger charge is 2.06. The lowest BCUT2D eigenvalue weighted by molar-refractivity contribution is 0.0696. The number of phenolic OH excluding ortho intramolecular Hbond substituents is 1. The van der Waals surface area contributed by atoms with Crippen molar-refractivity contribution in [3.05, 3.63) is 60.3 Å². The maximum Gasteiger partial charge on any atom is 0.337 e. The van der Waals surface area contributed by atoms with Crippen LogP contribution in [-0.4, -0.2) is 21.2 Å². The molecule has 0 saturated heterocycles. The topological polar surface area (TPSA) is 95.1 Å². The van der Waals surface area contributed by atoms with Gasteiger partial charge in [0.25, 0.3) is 0 Å². The summed E-state index contributed by atoms with van der Waals surface area (Å²) in [6.45, 7) is 0. The number of fused-ring (bicyclic) bond motifs is 1. The first-order valence-corrected chi connectivity index (χ1v) is 6.47. The Morgan fingerprint density at radius 3 is 2.55 bits per heavy atom. The Labute approximate surface area is 125 Å². The van der Waals surface area contributed by atoms with Crippen LogP contribution < -0.4 is 0 Å². The number of rotatable bonds is 3. The number of carbonyl (C=O) groups is 1. The van der Waals surface area contributed by atoms with Crippen LogP contribution in [0.2, 0.25) is 0 Å². The van der Waals surface area contributed by atoms with Gasteiger partial charge in [-0.1, -0.05) is 30.3 Å². The van der Waals surface area contributed by atoms with E-state index in [1.165, 1.54) is 18.3 Å². The monoisotopic (exact) mass is 293 g/mol. The van der Waals surface area contributed by atoms with E-state index in [4.69, 9.17) is 5.11 Å². The van der Waals surface area contributed by atoms with Crippen LogP contribution in [0.5, 0.6) is 5.75 Å². The van der Waals surface area contributed by atoms with Crippen molar-refractivity contribution in [2.45, 2.75) is 0 Å². The van der Waals surface area contributed by atoms with Crippen LogP contribution in [0.1, 0.15) is 10.4 Å². The Hall–Kier alpha value is -3.28. The number of aromatic carboxylic acids is 1. The predicted molar refractivity (Wildman–Crippen MR) is 81.0 cm³/mol. The third-order valence-electron chi connectivity index (χ3n) is 3.13. The van der Waals surface area contributed by atoms with Gasteiger partial charge in [0, 0.05) is 11.6 Å². The van der Waals surface area contributed by atoms with Gasteiger partial charge in [-0.3, -0.25) is 0 Å². The molecule has 22 heavy (non-hydrogen) atoms. The molecule has 3 aromatic rings. The molecule has 1 aromatic heterocycles. The Bertz CT molecular complexity index is 873. The molecule has 0 atom stereocenters. The Morgan fingerprint density at radius 2 is 1.82 bits per heavy atom. The lowest BCUT2D eigenvalue weighted by Gasteiger charge is -2.03. The number of carboxylic acids is 1. The third kappa shape index (κ3) is 2.62. The zero-order chi connectivity index (χ0) is 15.5. The number of aromatic hydroxyl groups is 1. The maximum absolute atomic E-state index is 10.7. The fourth-order valence-corrected chi connectivity index (χ4v) is 2.00. The second kappa shape index (κ2) is 5.61. The molecule has 108 valence electrons. The molecule has 0 aliphatic rings. The highest BCUT2D eigenvalue weighted by molar-refractivity contribution is 5.92. The zero-order valence-electron chi connectivity index (χ0n) is 11.3. The van der Waals surface area contributed by atoms with Crippen LogP contribution in [0.4, 0.5) is 11.5 Å². The number of azo groups is 1. The standard InChI is InChI=1S/C16H11N3O3/c20-15-12-4-2-1-3-10(12)5-7-13(15)18-19-14-8-6-11(9-17-14)16(21)22/h1-9,20H,(H,21,22). The van der Waals surface area contributed by atoms with E-state index in [2.05, 4.69) is 15.2 Å². The Kier molecular flexibility index (Phi) is 3.49. The van der Waals surface area contributed by atoms with Crippen molar-refractivity contribution in [1.29, 1.82) is 0 Å². The van der Waals surface area contributed by atoms with Crippen molar-refractivity contribution < 1.29 is 15.0 Å². The summed E-state index contributed by atoms with van der Waals surface area (Å²) in [6.07, 6.45) is 1.21. The number of phenols is 1. The molecule has 0 fully saturated rings. The quantitative estimate of drug-likeness (QED) is 0.712. The minimum Gasteiger partial charge on any atom is -0.505 e. The summed E-state index contributed by atoms with van der Waals surface area (Å²) in [4.78, 5) is 14.6.